The Kier molecular flexibility index (Phi) is 5.65. The maximum absolute atomic E-state index is 4.69. The van der Waals surface area contributed by atoms with Crippen molar-refractivity contribution in [2.24, 2.45) is 4.99 Å². The van der Waals surface area contributed by atoms with Gasteiger partial charge in [-0.05, 0) is 49.9 Å². The maximum atomic E-state index is 4.69. The lowest BCUT2D eigenvalue weighted by Gasteiger charge is -2.17. The number of halogens is 1. The molecule has 1 aromatic rings. The molecule has 1 aromatic carbocycles. The zero-order chi connectivity index (χ0) is 14.4. The van der Waals surface area contributed by atoms with E-state index in [2.05, 4.69) is 75.8 Å². The molecule has 0 radical (unpaired) electrons. The minimum absolute atomic E-state index is 0.485. The van der Waals surface area contributed by atoms with Crippen LogP contribution in [0.4, 0.5) is 0 Å². The minimum atomic E-state index is 0.485. The van der Waals surface area contributed by atoms with E-state index < -0.39 is 0 Å². The average molecular weight is 336 g/mol. The Bertz CT molecular complexity index is 500. The fourth-order valence-corrected chi connectivity index (χ4v) is 2.72. The molecule has 0 fully saturated rings. The van der Waals surface area contributed by atoms with Gasteiger partial charge < -0.3 is 10.6 Å². The summed E-state index contributed by atoms with van der Waals surface area (Å²) in [6.07, 6.45) is 6.61. The van der Waals surface area contributed by atoms with Gasteiger partial charge in [-0.2, -0.15) is 0 Å². The van der Waals surface area contributed by atoms with E-state index in [1.165, 1.54) is 11.1 Å². The van der Waals surface area contributed by atoms with Crippen LogP contribution in [0.25, 0.3) is 0 Å². The van der Waals surface area contributed by atoms with Gasteiger partial charge in [-0.15, -0.1) is 0 Å². The summed E-state index contributed by atoms with van der Waals surface area (Å²) in [6, 6.07) is 6.81. The van der Waals surface area contributed by atoms with Crippen molar-refractivity contribution in [3.63, 3.8) is 0 Å². The van der Waals surface area contributed by atoms with Crippen LogP contribution in [0.3, 0.4) is 0 Å². The highest BCUT2D eigenvalue weighted by Gasteiger charge is 2.11. The number of rotatable bonds is 4. The number of nitrogens with one attached hydrogen (secondary N) is 2. The van der Waals surface area contributed by atoms with Crippen molar-refractivity contribution in [1.82, 2.24) is 10.6 Å². The Balaban J connectivity index is 2.00. The number of nitrogens with zero attached hydrogens (tertiary/aromatic N) is 1. The molecule has 0 saturated carbocycles. The average Bonchev–Trinajstić information content (AvgIpc) is 2.90. The number of aliphatic imine (C=N–C) groups is 1. The van der Waals surface area contributed by atoms with Crippen molar-refractivity contribution in [3.05, 3.63) is 46.0 Å². The Morgan fingerprint density at radius 1 is 1.35 bits per heavy atom. The smallest absolute Gasteiger partial charge is 0.191 e. The number of hydrogen-bond acceptors (Lipinski definition) is 1. The fraction of sp³-hybridized carbons (Fsp3) is 0.438. The molecule has 0 heterocycles. The summed E-state index contributed by atoms with van der Waals surface area (Å²) < 4.78 is 1.12. The van der Waals surface area contributed by atoms with E-state index in [9.17, 15) is 0 Å². The molecule has 0 saturated heterocycles. The zero-order valence-electron chi connectivity index (χ0n) is 12.1. The molecule has 2 rings (SSSR count). The lowest BCUT2D eigenvalue weighted by molar-refractivity contribution is 0.633. The van der Waals surface area contributed by atoms with Gasteiger partial charge >= 0.3 is 0 Å². The Morgan fingerprint density at radius 3 is 2.75 bits per heavy atom. The number of guanidine groups is 1. The van der Waals surface area contributed by atoms with E-state index in [-0.39, 0.29) is 0 Å². The summed E-state index contributed by atoms with van der Waals surface area (Å²) in [5, 5.41) is 6.80. The van der Waals surface area contributed by atoms with Crippen molar-refractivity contribution in [1.29, 1.82) is 0 Å². The molecule has 4 heteroatoms. The van der Waals surface area contributed by atoms with Crippen molar-refractivity contribution in [2.75, 3.05) is 6.54 Å². The SMILES string of the molecule is CCNC(=NCc1ccc(Br)cc1C)NC1CC=CC1. The van der Waals surface area contributed by atoms with Gasteiger partial charge in [-0.25, -0.2) is 4.99 Å². The lowest BCUT2D eigenvalue weighted by Crippen LogP contribution is -2.42. The highest BCUT2D eigenvalue weighted by molar-refractivity contribution is 9.10. The molecule has 0 atom stereocenters. The third-order valence-electron chi connectivity index (χ3n) is 3.41. The molecular weight excluding hydrogens is 314 g/mol. The predicted octanol–water partition coefficient (Wildman–Crippen LogP) is 3.53. The summed E-state index contributed by atoms with van der Waals surface area (Å²) in [5.41, 5.74) is 2.52. The second-order valence-corrected chi connectivity index (χ2v) is 5.97. The quantitative estimate of drug-likeness (QED) is 0.501. The molecule has 0 aromatic heterocycles. The topological polar surface area (TPSA) is 36.4 Å². The van der Waals surface area contributed by atoms with Crippen LogP contribution in [0.5, 0.6) is 0 Å². The summed E-state index contributed by atoms with van der Waals surface area (Å²) in [4.78, 5) is 4.69. The highest BCUT2D eigenvalue weighted by Crippen LogP contribution is 2.16. The van der Waals surface area contributed by atoms with E-state index in [1.54, 1.807) is 0 Å². The molecule has 0 unspecified atom stereocenters. The monoisotopic (exact) mass is 335 g/mol. The standard InChI is InChI=1S/C16H22BrN3/c1-3-18-16(20-15-6-4-5-7-15)19-11-13-8-9-14(17)10-12(13)2/h4-5,8-10,15H,3,6-7,11H2,1-2H3,(H2,18,19,20). The lowest BCUT2D eigenvalue weighted by atomic mass is 10.1. The van der Waals surface area contributed by atoms with Crippen LogP contribution in [-0.4, -0.2) is 18.5 Å². The van der Waals surface area contributed by atoms with E-state index in [0.29, 0.717) is 12.6 Å². The number of benzene rings is 1. The molecule has 20 heavy (non-hydrogen) atoms. The van der Waals surface area contributed by atoms with Crippen LogP contribution in [0, 0.1) is 6.92 Å². The largest absolute Gasteiger partial charge is 0.357 e. The molecule has 0 spiro atoms. The third kappa shape index (κ3) is 4.37. The van der Waals surface area contributed by atoms with Crippen LogP contribution >= 0.6 is 15.9 Å². The Labute approximate surface area is 129 Å². The summed E-state index contributed by atoms with van der Waals surface area (Å²) in [5.74, 6) is 0.906. The van der Waals surface area contributed by atoms with Crippen LogP contribution in [0.2, 0.25) is 0 Å². The van der Waals surface area contributed by atoms with Crippen molar-refractivity contribution in [2.45, 2.75) is 39.3 Å². The molecule has 0 bridgehead atoms. The normalized spacial score (nSPS) is 15.7. The molecule has 0 aliphatic heterocycles. The van der Waals surface area contributed by atoms with Crippen molar-refractivity contribution >= 4 is 21.9 Å². The van der Waals surface area contributed by atoms with Gasteiger partial charge in [-0.3, -0.25) is 0 Å². The maximum Gasteiger partial charge on any atom is 0.191 e. The second-order valence-electron chi connectivity index (χ2n) is 5.05. The van der Waals surface area contributed by atoms with Gasteiger partial charge in [0.2, 0.25) is 0 Å². The third-order valence-corrected chi connectivity index (χ3v) is 3.90. The molecule has 0 amide bonds. The molecule has 1 aliphatic carbocycles. The van der Waals surface area contributed by atoms with Gasteiger partial charge in [-0.1, -0.05) is 34.1 Å². The van der Waals surface area contributed by atoms with Crippen molar-refractivity contribution < 1.29 is 0 Å². The highest BCUT2D eigenvalue weighted by atomic mass is 79.9. The molecule has 3 nitrogen and oxygen atoms in total. The fourth-order valence-electron chi connectivity index (χ4n) is 2.25. The van der Waals surface area contributed by atoms with Gasteiger partial charge in [0.15, 0.2) is 5.96 Å². The van der Waals surface area contributed by atoms with Gasteiger partial charge in [0.05, 0.1) is 6.54 Å². The number of hydrogen-bond donors (Lipinski definition) is 2. The molecule has 108 valence electrons. The van der Waals surface area contributed by atoms with Crippen LogP contribution in [-0.2, 0) is 6.54 Å². The van der Waals surface area contributed by atoms with E-state index in [1.807, 2.05) is 0 Å². The van der Waals surface area contributed by atoms with Gasteiger partial charge in [0.25, 0.3) is 0 Å². The summed E-state index contributed by atoms with van der Waals surface area (Å²) in [7, 11) is 0. The first-order valence-electron chi connectivity index (χ1n) is 7.14. The van der Waals surface area contributed by atoms with Crippen LogP contribution < -0.4 is 10.6 Å². The van der Waals surface area contributed by atoms with E-state index >= 15 is 0 Å². The predicted molar refractivity (Wildman–Crippen MR) is 89.0 cm³/mol. The molecule has 2 N–H and O–H groups in total. The second kappa shape index (κ2) is 7.48. The Hall–Kier alpha value is -1.29. The Morgan fingerprint density at radius 2 is 2.10 bits per heavy atom. The van der Waals surface area contributed by atoms with E-state index in [0.717, 1.165) is 29.8 Å². The van der Waals surface area contributed by atoms with Crippen LogP contribution in [0.1, 0.15) is 30.9 Å². The first kappa shape index (κ1) is 15.1. The van der Waals surface area contributed by atoms with Gasteiger partial charge in [0.1, 0.15) is 0 Å². The first-order valence-corrected chi connectivity index (χ1v) is 7.93. The summed E-state index contributed by atoms with van der Waals surface area (Å²) >= 11 is 3.49. The molecule has 1 aliphatic rings. The molecular formula is C16H22BrN3. The summed E-state index contributed by atoms with van der Waals surface area (Å²) in [6.45, 7) is 5.80. The number of aryl methyl sites for hydroxylation is 1. The van der Waals surface area contributed by atoms with E-state index in [4.69, 9.17) is 0 Å². The van der Waals surface area contributed by atoms with Crippen LogP contribution in [0.15, 0.2) is 39.8 Å². The van der Waals surface area contributed by atoms with Crippen molar-refractivity contribution in [3.8, 4) is 0 Å². The van der Waals surface area contributed by atoms with Gasteiger partial charge in [0, 0.05) is 17.1 Å². The zero-order valence-corrected chi connectivity index (χ0v) is 13.7. The minimum Gasteiger partial charge on any atom is -0.357 e. The first-order chi connectivity index (χ1) is 9.69.